The molecule has 2 aliphatic heterocycles. The maximum absolute atomic E-state index is 12.9. The predicted octanol–water partition coefficient (Wildman–Crippen LogP) is 2.37. The molecule has 1 aromatic carbocycles. The fourth-order valence-electron chi connectivity index (χ4n) is 4.41. The SMILES string of the molecule is CC1(C)CC(=O)N(CC2C[C@H]2C(=O)N[C@H]2CC(C)(C)Oc3ccccc32)C(N)=N1. The van der Waals surface area contributed by atoms with Gasteiger partial charge in [0.2, 0.25) is 11.8 Å². The highest BCUT2D eigenvalue weighted by Gasteiger charge is 2.47. The zero-order valence-electron chi connectivity index (χ0n) is 17.6. The molecule has 1 saturated carbocycles. The third-order valence-corrected chi connectivity index (χ3v) is 5.95. The van der Waals surface area contributed by atoms with E-state index in [1.165, 1.54) is 4.90 Å². The van der Waals surface area contributed by atoms with Crippen LogP contribution in [-0.4, -0.2) is 40.4 Å². The number of carbonyl (C=O) groups is 2. The first-order valence-electron chi connectivity index (χ1n) is 10.3. The van der Waals surface area contributed by atoms with Crippen LogP contribution in [0.3, 0.4) is 0 Å². The number of para-hydroxylation sites is 1. The van der Waals surface area contributed by atoms with E-state index in [4.69, 9.17) is 10.5 Å². The lowest BCUT2D eigenvalue weighted by Crippen LogP contribution is -2.50. The molecule has 0 aromatic heterocycles. The minimum absolute atomic E-state index is 0.0198. The van der Waals surface area contributed by atoms with Crippen molar-refractivity contribution in [3.63, 3.8) is 0 Å². The van der Waals surface area contributed by atoms with E-state index in [1.807, 2.05) is 52.0 Å². The number of carbonyl (C=O) groups excluding carboxylic acids is 2. The number of nitrogens with zero attached hydrogens (tertiary/aromatic N) is 2. The number of fused-ring (bicyclic) bond motifs is 1. The van der Waals surface area contributed by atoms with Gasteiger partial charge in [0.05, 0.1) is 18.0 Å². The van der Waals surface area contributed by atoms with E-state index in [1.54, 1.807) is 0 Å². The van der Waals surface area contributed by atoms with E-state index < -0.39 is 5.54 Å². The average molecular weight is 399 g/mol. The minimum Gasteiger partial charge on any atom is -0.487 e. The summed E-state index contributed by atoms with van der Waals surface area (Å²) in [5.41, 5.74) is 6.23. The Morgan fingerprint density at radius 1 is 1.31 bits per heavy atom. The van der Waals surface area contributed by atoms with E-state index in [0.29, 0.717) is 19.4 Å². The molecule has 1 fully saturated rings. The molecule has 4 rings (SSSR count). The summed E-state index contributed by atoms with van der Waals surface area (Å²) in [4.78, 5) is 31.3. The predicted molar refractivity (Wildman–Crippen MR) is 110 cm³/mol. The highest BCUT2D eigenvalue weighted by molar-refractivity contribution is 5.99. The summed E-state index contributed by atoms with van der Waals surface area (Å²) in [5, 5.41) is 3.21. The molecule has 7 heteroatoms. The van der Waals surface area contributed by atoms with Gasteiger partial charge in [0.15, 0.2) is 5.96 Å². The van der Waals surface area contributed by atoms with E-state index in [2.05, 4.69) is 10.3 Å². The monoisotopic (exact) mass is 398 g/mol. The zero-order chi connectivity index (χ0) is 21.0. The largest absolute Gasteiger partial charge is 0.487 e. The number of rotatable bonds is 4. The standard InChI is InChI=1S/C22H30N4O3/c1-21(2)11-18(27)26(20(23)25-21)12-13-9-15(13)19(28)24-16-10-22(3,4)29-17-8-6-5-7-14(16)17/h5-8,13,15-16H,9-12H2,1-4H3,(H2,23,25)(H,24,28)/t13?,15-,16+/m1/s1. The average Bonchev–Trinajstić information content (AvgIpc) is 3.36. The third-order valence-electron chi connectivity index (χ3n) is 5.95. The van der Waals surface area contributed by atoms with Gasteiger partial charge in [-0.3, -0.25) is 14.5 Å². The Bertz CT molecular complexity index is 877. The van der Waals surface area contributed by atoms with Crippen molar-refractivity contribution in [3.05, 3.63) is 29.8 Å². The number of ether oxygens (including phenoxy) is 1. The molecule has 29 heavy (non-hydrogen) atoms. The van der Waals surface area contributed by atoms with Crippen LogP contribution >= 0.6 is 0 Å². The smallest absolute Gasteiger partial charge is 0.231 e. The van der Waals surface area contributed by atoms with Crippen LogP contribution in [0.5, 0.6) is 5.75 Å². The van der Waals surface area contributed by atoms with Gasteiger partial charge in [0.25, 0.3) is 0 Å². The van der Waals surface area contributed by atoms with Gasteiger partial charge >= 0.3 is 0 Å². The number of aliphatic imine (C=N–C) groups is 1. The van der Waals surface area contributed by atoms with Crippen molar-refractivity contribution in [2.75, 3.05) is 6.54 Å². The van der Waals surface area contributed by atoms with Crippen LogP contribution < -0.4 is 15.8 Å². The maximum Gasteiger partial charge on any atom is 0.231 e. The molecular weight excluding hydrogens is 368 g/mol. The number of nitrogens with one attached hydrogen (secondary N) is 1. The van der Waals surface area contributed by atoms with Gasteiger partial charge in [-0.2, -0.15) is 0 Å². The first-order valence-corrected chi connectivity index (χ1v) is 10.3. The number of hydrogen-bond acceptors (Lipinski definition) is 5. The van der Waals surface area contributed by atoms with Crippen molar-refractivity contribution >= 4 is 17.8 Å². The Kier molecular flexibility index (Phi) is 4.59. The molecule has 1 aromatic rings. The number of hydrogen-bond donors (Lipinski definition) is 2. The Morgan fingerprint density at radius 2 is 2.03 bits per heavy atom. The van der Waals surface area contributed by atoms with Gasteiger partial charge in [0.1, 0.15) is 11.4 Å². The van der Waals surface area contributed by atoms with Crippen LogP contribution in [-0.2, 0) is 9.59 Å². The molecular formula is C22H30N4O3. The number of nitrogens with two attached hydrogens (primary N) is 1. The minimum atomic E-state index is -0.457. The lowest BCUT2D eigenvalue weighted by atomic mass is 9.89. The summed E-state index contributed by atoms with van der Waals surface area (Å²) < 4.78 is 6.05. The van der Waals surface area contributed by atoms with Gasteiger partial charge in [-0.1, -0.05) is 18.2 Å². The summed E-state index contributed by atoms with van der Waals surface area (Å²) in [6.45, 7) is 8.32. The van der Waals surface area contributed by atoms with Gasteiger partial charge in [-0.15, -0.1) is 0 Å². The molecule has 3 N–H and O–H groups in total. The number of guanidine groups is 1. The van der Waals surface area contributed by atoms with Crippen molar-refractivity contribution in [2.45, 2.75) is 64.1 Å². The van der Waals surface area contributed by atoms with E-state index in [-0.39, 0.29) is 41.3 Å². The fourth-order valence-corrected chi connectivity index (χ4v) is 4.41. The van der Waals surface area contributed by atoms with E-state index >= 15 is 0 Å². The second kappa shape index (κ2) is 6.75. The Hall–Kier alpha value is -2.57. The second-order valence-corrected chi connectivity index (χ2v) is 9.73. The van der Waals surface area contributed by atoms with Crippen LogP contribution in [0.1, 0.15) is 58.6 Å². The molecule has 1 unspecified atom stereocenters. The Labute approximate surface area is 171 Å². The van der Waals surface area contributed by atoms with Crippen LogP contribution in [0.25, 0.3) is 0 Å². The molecule has 3 atom stereocenters. The van der Waals surface area contributed by atoms with Gasteiger partial charge in [-0.25, -0.2) is 4.99 Å². The summed E-state index contributed by atoms with van der Waals surface area (Å²) in [7, 11) is 0. The van der Waals surface area contributed by atoms with Crippen LogP contribution in [0.2, 0.25) is 0 Å². The molecule has 0 radical (unpaired) electrons. The third kappa shape index (κ3) is 4.09. The van der Waals surface area contributed by atoms with Crippen LogP contribution in [0.4, 0.5) is 0 Å². The van der Waals surface area contributed by atoms with Gasteiger partial charge in [0, 0.05) is 24.4 Å². The molecule has 156 valence electrons. The summed E-state index contributed by atoms with van der Waals surface area (Å²) in [6, 6.07) is 7.78. The van der Waals surface area contributed by atoms with Crippen LogP contribution in [0, 0.1) is 11.8 Å². The lowest BCUT2D eigenvalue weighted by Gasteiger charge is -2.38. The first-order chi connectivity index (χ1) is 13.5. The van der Waals surface area contributed by atoms with Crippen molar-refractivity contribution < 1.29 is 14.3 Å². The fraction of sp³-hybridized carbons (Fsp3) is 0.591. The normalized spacial score (nSPS) is 29.4. The van der Waals surface area contributed by atoms with Crippen molar-refractivity contribution in [1.82, 2.24) is 10.2 Å². The van der Waals surface area contributed by atoms with Crippen molar-refractivity contribution in [1.29, 1.82) is 0 Å². The molecule has 2 heterocycles. The van der Waals surface area contributed by atoms with Crippen molar-refractivity contribution in [3.8, 4) is 5.75 Å². The molecule has 0 saturated heterocycles. The Balaban J connectivity index is 1.40. The maximum atomic E-state index is 12.9. The quantitative estimate of drug-likeness (QED) is 0.814. The number of benzene rings is 1. The van der Waals surface area contributed by atoms with Gasteiger partial charge < -0.3 is 15.8 Å². The van der Waals surface area contributed by atoms with Crippen molar-refractivity contribution in [2.24, 2.45) is 22.6 Å². The highest BCUT2D eigenvalue weighted by Crippen LogP contribution is 2.43. The molecule has 0 spiro atoms. The highest BCUT2D eigenvalue weighted by atomic mass is 16.5. The molecule has 1 aliphatic carbocycles. The van der Waals surface area contributed by atoms with E-state index in [9.17, 15) is 9.59 Å². The summed E-state index contributed by atoms with van der Waals surface area (Å²) in [5.74, 6) is 1.13. The second-order valence-electron chi connectivity index (χ2n) is 9.73. The molecule has 7 nitrogen and oxygen atoms in total. The van der Waals surface area contributed by atoms with Crippen LogP contribution in [0.15, 0.2) is 29.3 Å². The topological polar surface area (TPSA) is 97.0 Å². The zero-order valence-corrected chi connectivity index (χ0v) is 17.6. The van der Waals surface area contributed by atoms with Gasteiger partial charge in [-0.05, 0) is 46.1 Å². The molecule has 0 bridgehead atoms. The first kappa shape index (κ1) is 19.7. The summed E-state index contributed by atoms with van der Waals surface area (Å²) >= 11 is 0. The Morgan fingerprint density at radius 3 is 2.76 bits per heavy atom. The molecule has 2 amide bonds. The molecule has 3 aliphatic rings. The summed E-state index contributed by atoms with van der Waals surface area (Å²) in [6.07, 6.45) is 1.82. The number of amides is 2. The van der Waals surface area contributed by atoms with E-state index in [0.717, 1.165) is 17.7 Å². The lowest BCUT2D eigenvalue weighted by molar-refractivity contribution is -0.130.